The number of nitrogen functional groups attached to an aromatic ring is 1. The molecule has 3 atom stereocenters. The Bertz CT molecular complexity index is 416. The number of hydrogen-bond donors (Lipinski definition) is 4. The number of anilines is 1. The molecule has 5 N–H and O–H groups in total. The quantitative estimate of drug-likeness (QED) is 0.601. The summed E-state index contributed by atoms with van der Waals surface area (Å²) in [5.41, 5.74) is 6.85. The Kier molecular flexibility index (Phi) is 3.96. The van der Waals surface area contributed by atoms with Gasteiger partial charge in [0.25, 0.3) is 0 Å². The van der Waals surface area contributed by atoms with E-state index in [0.717, 1.165) is 38.3 Å². The van der Waals surface area contributed by atoms with Crippen LogP contribution in [-0.4, -0.2) is 43.2 Å². The second kappa shape index (κ2) is 5.86. The van der Waals surface area contributed by atoms with Crippen molar-refractivity contribution in [2.45, 2.75) is 24.9 Å². The molecule has 0 bridgehead atoms. The number of nitrogens with one attached hydrogen (secondary N) is 3. The van der Waals surface area contributed by atoms with Crippen LogP contribution in [0.1, 0.15) is 12.1 Å². The Morgan fingerprint density at radius 2 is 2.21 bits per heavy atom. The third kappa shape index (κ3) is 3.23. The highest BCUT2D eigenvalue weighted by Crippen LogP contribution is 2.17. The molecule has 3 heterocycles. The maximum Gasteiger partial charge on any atom is 0.123 e. The molecule has 2 fully saturated rings. The molecule has 5 nitrogen and oxygen atoms in total. The van der Waals surface area contributed by atoms with E-state index < -0.39 is 0 Å². The van der Waals surface area contributed by atoms with Crippen LogP contribution in [0.15, 0.2) is 18.2 Å². The molecule has 2 aliphatic heterocycles. The summed E-state index contributed by atoms with van der Waals surface area (Å²) < 4.78 is 0. The van der Waals surface area contributed by atoms with Gasteiger partial charge in [0.15, 0.2) is 0 Å². The van der Waals surface area contributed by atoms with E-state index in [4.69, 9.17) is 5.73 Å². The van der Waals surface area contributed by atoms with Crippen molar-refractivity contribution < 1.29 is 0 Å². The van der Waals surface area contributed by atoms with Gasteiger partial charge in [0, 0.05) is 30.9 Å². The minimum Gasteiger partial charge on any atom is -0.384 e. The fourth-order valence-electron chi connectivity index (χ4n) is 3.12. The van der Waals surface area contributed by atoms with Crippen molar-refractivity contribution in [3.63, 3.8) is 0 Å². The summed E-state index contributed by atoms with van der Waals surface area (Å²) in [6.45, 7) is 4.36. The summed E-state index contributed by atoms with van der Waals surface area (Å²) in [5, 5.41) is 10.7. The Morgan fingerprint density at radius 1 is 1.26 bits per heavy atom. The highest BCUT2D eigenvalue weighted by atomic mass is 15.1. The van der Waals surface area contributed by atoms with Crippen LogP contribution >= 0.6 is 0 Å². The largest absolute Gasteiger partial charge is 0.384 e. The standard InChI is InChI=1S/C14H23N5/c15-14-3-1-2-11(19-14)6-10-7-17-9-13(10)18-12-4-5-16-8-12/h1-3,10,12-13,16-18H,4-9H2,(H2,15,19)/t10-,12+,13+/m0/s1. The molecule has 104 valence electrons. The van der Waals surface area contributed by atoms with E-state index in [1.807, 2.05) is 12.1 Å². The van der Waals surface area contributed by atoms with Gasteiger partial charge in [-0.3, -0.25) is 0 Å². The molecule has 0 aromatic carbocycles. The zero-order valence-electron chi connectivity index (χ0n) is 11.2. The molecular weight excluding hydrogens is 238 g/mol. The monoisotopic (exact) mass is 261 g/mol. The molecule has 0 saturated carbocycles. The summed E-state index contributed by atoms with van der Waals surface area (Å²) in [6, 6.07) is 7.08. The molecule has 0 aliphatic carbocycles. The highest BCUT2D eigenvalue weighted by molar-refractivity contribution is 5.29. The second-order valence-electron chi connectivity index (χ2n) is 5.64. The number of pyridine rings is 1. The summed E-state index contributed by atoms with van der Waals surface area (Å²) in [6.07, 6.45) is 2.23. The molecule has 0 amide bonds. The fraction of sp³-hybridized carbons (Fsp3) is 0.643. The van der Waals surface area contributed by atoms with Crippen molar-refractivity contribution in [1.29, 1.82) is 0 Å². The SMILES string of the molecule is Nc1cccc(C[C@H]2CNC[C@H]2N[C@@H]2CCNC2)n1. The predicted octanol–water partition coefficient (Wildman–Crippen LogP) is -0.254. The summed E-state index contributed by atoms with van der Waals surface area (Å²) in [5.74, 6) is 1.22. The molecule has 0 unspecified atom stereocenters. The van der Waals surface area contributed by atoms with Gasteiger partial charge in [-0.15, -0.1) is 0 Å². The first-order valence-corrected chi connectivity index (χ1v) is 7.20. The van der Waals surface area contributed by atoms with Crippen LogP contribution in [0.25, 0.3) is 0 Å². The molecular formula is C14H23N5. The number of rotatable bonds is 4. The third-order valence-corrected chi connectivity index (χ3v) is 4.15. The van der Waals surface area contributed by atoms with Gasteiger partial charge in [0.1, 0.15) is 5.82 Å². The first kappa shape index (κ1) is 12.8. The number of nitrogens with two attached hydrogens (primary N) is 1. The zero-order valence-corrected chi connectivity index (χ0v) is 11.2. The van der Waals surface area contributed by atoms with Crippen LogP contribution in [0.3, 0.4) is 0 Å². The van der Waals surface area contributed by atoms with Crippen LogP contribution in [0.5, 0.6) is 0 Å². The van der Waals surface area contributed by atoms with Gasteiger partial charge in [0.2, 0.25) is 0 Å². The van der Waals surface area contributed by atoms with Crippen LogP contribution in [-0.2, 0) is 6.42 Å². The molecule has 5 heteroatoms. The average molecular weight is 261 g/mol. The maximum absolute atomic E-state index is 5.75. The van der Waals surface area contributed by atoms with Crippen LogP contribution < -0.4 is 21.7 Å². The first-order valence-electron chi connectivity index (χ1n) is 7.20. The number of nitrogens with zero attached hydrogens (tertiary/aromatic N) is 1. The van der Waals surface area contributed by atoms with E-state index in [1.54, 1.807) is 0 Å². The lowest BCUT2D eigenvalue weighted by atomic mass is 9.96. The molecule has 0 radical (unpaired) electrons. The lowest BCUT2D eigenvalue weighted by Gasteiger charge is -2.23. The lowest BCUT2D eigenvalue weighted by Crippen LogP contribution is -2.44. The Balaban J connectivity index is 1.59. The molecule has 2 saturated heterocycles. The minimum absolute atomic E-state index is 0.549. The zero-order chi connectivity index (χ0) is 13.1. The van der Waals surface area contributed by atoms with Crippen LogP contribution in [0.4, 0.5) is 5.82 Å². The Morgan fingerprint density at radius 3 is 3.00 bits per heavy atom. The Hall–Kier alpha value is -1.17. The Labute approximate surface area is 114 Å². The van der Waals surface area contributed by atoms with Gasteiger partial charge in [-0.1, -0.05) is 6.07 Å². The number of hydrogen-bond acceptors (Lipinski definition) is 5. The maximum atomic E-state index is 5.75. The van der Waals surface area contributed by atoms with Crippen molar-refractivity contribution >= 4 is 5.82 Å². The van der Waals surface area contributed by atoms with Crippen molar-refractivity contribution in [2.24, 2.45) is 5.92 Å². The number of aromatic nitrogens is 1. The van der Waals surface area contributed by atoms with E-state index in [2.05, 4.69) is 27.0 Å². The van der Waals surface area contributed by atoms with Gasteiger partial charge in [0.05, 0.1) is 0 Å². The highest BCUT2D eigenvalue weighted by Gasteiger charge is 2.30. The van der Waals surface area contributed by atoms with Gasteiger partial charge >= 0.3 is 0 Å². The summed E-state index contributed by atoms with van der Waals surface area (Å²) in [4.78, 5) is 4.41. The fourth-order valence-corrected chi connectivity index (χ4v) is 3.12. The minimum atomic E-state index is 0.549. The van der Waals surface area contributed by atoms with Gasteiger partial charge in [-0.25, -0.2) is 4.98 Å². The third-order valence-electron chi connectivity index (χ3n) is 4.15. The van der Waals surface area contributed by atoms with Crippen LogP contribution in [0, 0.1) is 5.92 Å². The topological polar surface area (TPSA) is 75.0 Å². The summed E-state index contributed by atoms with van der Waals surface area (Å²) in [7, 11) is 0. The van der Waals surface area contributed by atoms with E-state index >= 15 is 0 Å². The second-order valence-corrected chi connectivity index (χ2v) is 5.64. The summed E-state index contributed by atoms with van der Waals surface area (Å²) >= 11 is 0. The smallest absolute Gasteiger partial charge is 0.123 e. The van der Waals surface area contributed by atoms with Gasteiger partial charge in [-0.2, -0.15) is 0 Å². The molecule has 2 aliphatic rings. The van der Waals surface area contributed by atoms with Crippen molar-refractivity contribution in [1.82, 2.24) is 20.9 Å². The van der Waals surface area contributed by atoms with E-state index in [-0.39, 0.29) is 0 Å². The lowest BCUT2D eigenvalue weighted by molar-refractivity contribution is 0.381. The molecule has 0 spiro atoms. The van der Waals surface area contributed by atoms with E-state index in [1.165, 1.54) is 6.42 Å². The predicted molar refractivity (Wildman–Crippen MR) is 76.9 cm³/mol. The normalized spacial score (nSPS) is 30.8. The van der Waals surface area contributed by atoms with Gasteiger partial charge in [-0.05, 0) is 44.0 Å². The molecule has 3 rings (SSSR count). The van der Waals surface area contributed by atoms with Crippen LogP contribution in [0.2, 0.25) is 0 Å². The van der Waals surface area contributed by atoms with Crippen molar-refractivity contribution in [3.05, 3.63) is 23.9 Å². The van der Waals surface area contributed by atoms with E-state index in [9.17, 15) is 0 Å². The first-order chi connectivity index (χ1) is 9.31. The van der Waals surface area contributed by atoms with Crippen molar-refractivity contribution in [2.75, 3.05) is 31.9 Å². The van der Waals surface area contributed by atoms with Gasteiger partial charge < -0.3 is 21.7 Å². The molecule has 19 heavy (non-hydrogen) atoms. The molecule has 1 aromatic heterocycles. The van der Waals surface area contributed by atoms with E-state index in [0.29, 0.717) is 23.8 Å². The molecule has 1 aromatic rings. The van der Waals surface area contributed by atoms with Crippen molar-refractivity contribution in [3.8, 4) is 0 Å². The average Bonchev–Trinajstić information content (AvgIpc) is 3.03.